The van der Waals surface area contributed by atoms with E-state index in [1.165, 1.54) is 0 Å². The lowest BCUT2D eigenvalue weighted by molar-refractivity contribution is -0.0807. The first-order valence-corrected chi connectivity index (χ1v) is 26.3. The molecule has 7 aromatic rings. The van der Waals surface area contributed by atoms with E-state index in [4.69, 9.17) is 38.0 Å². The molecule has 1 fully saturated rings. The third-order valence-electron chi connectivity index (χ3n) is 13.5. The van der Waals surface area contributed by atoms with E-state index in [1.807, 2.05) is 72.8 Å². The van der Waals surface area contributed by atoms with Crippen LogP contribution in [0.3, 0.4) is 0 Å². The molecule has 2 N–H and O–H groups in total. The summed E-state index contributed by atoms with van der Waals surface area (Å²) in [6.45, 7) is 8.90. The Balaban J connectivity index is 1.11. The predicted molar refractivity (Wildman–Crippen MR) is 295 cm³/mol. The van der Waals surface area contributed by atoms with Gasteiger partial charge in [0.05, 0.1) is 74.9 Å². The number of methoxy groups -OCH3 is 2. The fourth-order valence-corrected chi connectivity index (χ4v) is 12.0. The summed E-state index contributed by atoms with van der Waals surface area (Å²) >= 11 is 0. The van der Waals surface area contributed by atoms with Crippen molar-refractivity contribution < 1.29 is 28.0 Å². The average molecular weight is 1010 g/mol. The Morgan fingerprint density at radius 3 is 1.73 bits per heavy atom. The Hall–Kier alpha value is -7.20. The van der Waals surface area contributed by atoms with Gasteiger partial charge in [-0.2, -0.15) is 5.26 Å². The molecular formula is C61H61N6O6P. The largest absolute Gasteiger partial charge is 0.497 e. The fourth-order valence-electron chi connectivity index (χ4n) is 10.2. The first-order chi connectivity index (χ1) is 36.1. The smallest absolute Gasteiger partial charge is 0.259 e. The van der Waals surface area contributed by atoms with E-state index in [0.29, 0.717) is 6.42 Å². The number of aromatic amines is 2. The maximum Gasteiger partial charge on any atom is 0.259 e. The Bertz CT molecular complexity index is 3180. The molecule has 0 saturated carbocycles. The molecule has 1 unspecified atom stereocenters. The van der Waals surface area contributed by atoms with Crippen LogP contribution in [-0.2, 0) is 24.1 Å². The van der Waals surface area contributed by atoms with Gasteiger partial charge in [-0.1, -0.05) is 84.9 Å². The molecule has 12 nitrogen and oxygen atoms in total. The third-order valence-corrected chi connectivity index (χ3v) is 15.7. The van der Waals surface area contributed by atoms with Crippen molar-refractivity contribution in [2.75, 3.05) is 27.4 Å². The van der Waals surface area contributed by atoms with Crippen LogP contribution in [0.1, 0.15) is 91.7 Å². The second-order valence-corrected chi connectivity index (χ2v) is 20.4. The Morgan fingerprint density at radius 1 is 0.689 bits per heavy atom. The quantitative estimate of drug-likeness (QED) is 0.0485. The lowest BCUT2D eigenvalue weighted by atomic mass is 9.80. The normalized spacial score (nSPS) is 16.8. The van der Waals surface area contributed by atoms with Gasteiger partial charge in [0.25, 0.3) is 8.53 Å². The highest BCUT2D eigenvalue weighted by atomic mass is 31.2. The van der Waals surface area contributed by atoms with E-state index in [9.17, 15) is 5.26 Å². The van der Waals surface area contributed by atoms with Gasteiger partial charge in [0, 0.05) is 51.7 Å². The third kappa shape index (κ3) is 10.6. The monoisotopic (exact) mass is 1000 g/mol. The number of hydrogen-bond donors (Lipinski definition) is 2. The summed E-state index contributed by atoms with van der Waals surface area (Å²) in [5.41, 5.74) is 11.5. The van der Waals surface area contributed by atoms with E-state index >= 15 is 0 Å². The Labute approximate surface area is 434 Å². The molecule has 3 aliphatic heterocycles. The van der Waals surface area contributed by atoms with Crippen LogP contribution in [0.25, 0.3) is 57.5 Å². The molecule has 0 amide bonds. The van der Waals surface area contributed by atoms with E-state index in [2.05, 4.69) is 145 Å². The predicted octanol–water partition coefficient (Wildman–Crippen LogP) is 13.8. The molecule has 74 heavy (non-hydrogen) atoms. The van der Waals surface area contributed by atoms with Gasteiger partial charge < -0.3 is 38.0 Å². The zero-order valence-electron chi connectivity index (χ0n) is 42.6. The zero-order chi connectivity index (χ0) is 51.2. The Morgan fingerprint density at radius 2 is 1.22 bits per heavy atom. The van der Waals surface area contributed by atoms with E-state index in [1.54, 1.807) is 14.2 Å². The Kier molecular flexibility index (Phi) is 15.3. The lowest BCUT2D eigenvalue weighted by Gasteiger charge is -2.39. The molecule has 0 aliphatic carbocycles. The number of H-pyrrole nitrogens is 2. The number of benzene rings is 4. The van der Waals surface area contributed by atoms with Crippen LogP contribution in [0.4, 0.5) is 0 Å². The summed E-state index contributed by atoms with van der Waals surface area (Å²) in [5.74, 6) is 1.46. The number of ether oxygens (including phenoxy) is 4. The molecule has 13 heteroatoms. The van der Waals surface area contributed by atoms with Gasteiger partial charge in [0.1, 0.15) is 23.2 Å². The lowest BCUT2D eigenvalue weighted by Crippen LogP contribution is -2.39. The van der Waals surface area contributed by atoms with Crippen molar-refractivity contribution in [2.24, 2.45) is 0 Å². The van der Waals surface area contributed by atoms with Crippen LogP contribution in [0.2, 0.25) is 0 Å². The highest BCUT2D eigenvalue weighted by Gasteiger charge is 2.46. The average Bonchev–Trinajstić information content (AvgIpc) is 4.30. The van der Waals surface area contributed by atoms with Crippen LogP contribution in [0.5, 0.6) is 11.5 Å². The van der Waals surface area contributed by atoms with Crippen molar-refractivity contribution in [1.29, 1.82) is 5.26 Å². The van der Waals surface area contributed by atoms with Crippen molar-refractivity contribution >= 4 is 54.9 Å². The van der Waals surface area contributed by atoms with Crippen LogP contribution < -0.4 is 9.47 Å². The number of nitriles is 1. The minimum Gasteiger partial charge on any atom is -0.497 e. The fraction of sp³-hybridized carbons (Fsp3) is 0.262. The molecule has 3 aliphatic rings. The van der Waals surface area contributed by atoms with E-state index < -0.39 is 32.4 Å². The maximum absolute atomic E-state index is 9.62. The van der Waals surface area contributed by atoms with E-state index in [0.717, 1.165) is 89.7 Å². The summed E-state index contributed by atoms with van der Waals surface area (Å²) in [6.07, 6.45) is 7.15. The van der Waals surface area contributed by atoms with Gasteiger partial charge in [0.15, 0.2) is 0 Å². The van der Waals surface area contributed by atoms with Crippen LogP contribution in [0.15, 0.2) is 146 Å². The van der Waals surface area contributed by atoms with Crippen molar-refractivity contribution in [3.8, 4) is 28.7 Å². The summed E-state index contributed by atoms with van der Waals surface area (Å²) in [5, 5.41) is 9.62. The number of fused-ring (bicyclic) bond motifs is 8. The van der Waals surface area contributed by atoms with Gasteiger partial charge in [-0.05, 0) is 135 Å². The van der Waals surface area contributed by atoms with Gasteiger partial charge in [-0.3, -0.25) is 0 Å². The van der Waals surface area contributed by atoms with Crippen molar-refractivity contribution in [2.45, 2.75) is 76.5 Å². The molecule has 3 aromatic heterocycles. The number of nitrogens with one attached hydrogen (secondary N) is 2. The first-order valence-electron chi connectivity index (χ1n) is 25.2. The molecular weight excluding hydrogens is 944 g/mol. The number of rotatable bonds is 18. The summed E-state index contributed by atoms with van der Waals surface area (Å²) in [6, 6.07) is 51.6. The second-order valence-electron chi connectivity index (χ2n) is 19.0. The first kappa shape index (κ1) is 50.3. The van der Waals surface area contributed by atoms with Crippen LogP contribution >= 0.6 is 8.53 Å². The molecule has 8 bridgehead atoms. The van der Waals surface area contributed by atoms with Crippen molar-refractivity contribution in [3.63, 3.8) is 0 Å². The SMILES string of the molecule is COc1ccc(C(OC[C@H]2O[C@@H](c3c4nc(cc5ccc([nH]5)c(-c5ccccc5)c5ccc(cc6nc3C=C6)[nH]5)C=C4)C[C@@H]2OP(OCCC#N)N(C(C)C)C(C)C)(c2ccccc2)c2ccc(OC)cc2)cc1. The molecule has 4 atom stereocenters. The second kappa shape index (κ2) is 22.5. The standard InChI is InChI=1S/C61H61N6O6P/c1-40(2)67(41(3)4)74(71-35-13-34-62)73-56-38-57(72-58(56)39-70-61(43-16-11-8-12-17-43,44-18-26-50(68-5)27-19-44)45-20-28-51(69-6)29-21-45)60-54-32-24-48(65-54)36-46-22-30-52(63-46)59(42-14-9-7-10-15-42)53-31-23-47(64-53)37-49-25-33-55(60)66-49/h7-12,14-33,36-37,40-41,56-58,63-64H,13,35,38-39H2,1-6H3/t56-,57+,58+,74?/m0/s1. The summed E-state index contributed by atoms with van der Waals surface area (Å²) in [4.78, 5) is 17.9. The highest BCUT2D eigenvalue weighted by Crippen LogP contribution is 2.52. The number of nitrogens with zero attached hydrogens (tertiary/aromatic N) is 4. The van der Waals surface area contributed by atoms with Gasteiger partial charge in [0.2, 0.25) is 0 Å². The molecule has 376 valence electrons. The maximum atomic E-state index is 9.62. The topological polar surface area (TPSA) is 140 Å². The molecule has 6 heterocycles. The number of hydrogen-bond acceptors (Lipinski definition) is 10. The molecule has 10 rings (SSSR count). The van der Waals surface area contributed by atoms with Gasteiger partial charge in [-0.15, -0.1) is 0 Å². The highest BCUT2D eigenvalue weighted by molar-refractivity contribution is 7.44. The van der Waals surface area contributed by atoms with Gasteiger partial charge in [-0.25, -0.2) is 14.6 Å². The molecule has 4 aromatic carbocycles. The zero-order valence-corrected chi connectivity index (χ0v) is 43.5. The minimum atomic E-state index is -1.68. The molecule has 1 saturated heterocycles. The summed E-state index contributed by atoms with van der Waals surface area (Å²) < 4.78 is 42.4. The molecule has 0 radical (unpaired) electrons. The van der Waals surface area contributed by atoms with Crippen LogP contribution in [-0.4, -0.2) is 76.3 Å². The van der Waals surface area contributed by atoms with Crippen LogP contribution in [0, 0.1) is 11.3 Å². The van der Waals surface area contributed by atoms with Gasteiger partial charge >= 0.3 is 0 Å². The molecule has 0 spiro atoms. The summed E-state index contributed by atoms with van der Waals surface area (Å²) in [7, 11) is 1.65. The van der Waals surface area contributed by atoms with Crippen molar-refractivity contribution in [1.82, 2.24) is 24.6 Å². The number of aromatic nitrogens is 4. The minimum absolute atomic E-state index is 0.0788. The van der Waals surface area contributed by atoms with Crippen molar-refractivity contribution in [3.05, 3.63) is 191 Å². The van der Waals surface area contributed by atoms with E-state index in [-0.39, 0.29) is 31.7 Å².